The molecule has 0 bridgehead atoms. The molecule has 0 aliphatic heterocycles. The average molecular weight is 232 g/mol. The predicted octanol–water partition coefficient (Wildman–Crippen LogP) is 1.67. The summed E-state index contributed by atoms with van der Waals surface area (Å²) in [5.74, 6) is -0.103. The molecule has 0 fully saturated rings. The second-order valence-corrected chi connectivity index (χ2v) is 4.17. The van der Waals surface area contributed by atoms with Gasteiger partial charge in [0.2, 0.25) is 0 Å². The van der Waals surface area contributed by atoms with Crippen molar-refractivity contribution in [3.63, 3.8) is 0 Å². The molecule has 0 spiro atoms. The van der Waals surface area contributed by atoms with E-state index >= 15 is 0 Å². The third-order valence-electron chi connectivity index (χ3n) is 2.76. The molecule has 0 aliphatic carbocycles. The number of hydrogen-bond donors (Lipinski definition) is 3. The normalized spacial score (nSPS) is 12.6. The first-order chi connectivity index (χ1) is 8.20. The summed E-state index contributed by atoms with van der Waals surface area (Å²) in [4.78, 5) is 15.0. The van der Waals surface area contributed by atoms with Crippen molar-refractivity contribution in [2.75, 3.05) is 6.61 Å². The Hall–Kier alpha value is -1.81. The van der Waals surface area contributed by atoms with E-state index < -0.39 is 0 Å². The number of hydrogen-bond acceptors (Lipinski definition) is 2. The average Bonchev–Trinajstić information content (AvgIpc) is 2.75. The number of H-pyrrole nitrogens is 1. The molecular formula is C13H16N2O2. The van der Waals surface area contributed by atoms with E-state index in [-0.39, 0.29) is 18.6 Å². The topological polar surface area (TPSA) is 65.1 Å². The van der Waals surface area contributed by atoms with Gasteiger partial charge in [-0.25, -0.2) is 0 Å². The number of aromatic amines is 1. The van der Waals surface area contributed by atoms with Crippen LogP contribution < -0.4 is 5.32 Å². The fraction of sp³-hybridized carbons (Fsp3) is 0.308. The van der Waals surface area contributed by atoms with E-state index in [2.05, 4.69) is 10.3 Å². The Morgan fingerprint density at radius 2 is 2.29 bits per heavy atom. The molecule has 1 amide bonds. The van der Waals surface area contributed by atoms with Gasteiger partial charge in [0.05, 0.1) is 0 Å². The van der Waals surface area contributed by atoms with Gasteiger partial charge in [-0.15, -0.1) is 0 Å². The third kappa shape index (κ3) is 2.65. The van der Waals surface area contributed by atoms with Gasteiger partial charge in [-0.05, 0) is 37.6 Å². The molecule has 17 heavy (non-hydrogen) atoms. The van der Waals surface area contributed by atoms with Crippen LogP contribution in [0.1, 0.15) is 23.7 Å². The highest BCUT2D eigenvalue weighted by Crippen LogP contribution is 2.14. The first-order valence-corrected chi connectivity index (χ1v) is 5.69. The standard InChI is InChI=1S/C13H16N2O2/c1-9(5-7-16)15-13(17)11-2-3-12-10(8-11)4-6-14-12/h2-4,6,8-9,14,16H,5,7H2,1H3,(H,15,17). The van der Waals surface area contributed by atoms with Crippen LogP contribution in [-0.4, -0.2) is 28.6 Å². The van der Waals surface area contributed by atoms with E-state index in [9.17, 15) is 4.79 Å². The Morgan fingerprint density at radius 1 is 1.47 bits per heavy atom. The van der Waals surface area contributed by atoms with Crippen LogP contribution in [0, 0.1) is 0 Å². The summed E-state index contributed by atoms with van der Waals surface area (Å²) in [6, 6.07) is 7.45. The molecule has 90 valence electrons. The Morgan fingerprint density at radius 3 is 3.06 bits per heavy atom. The second kappa shape index (κ2) is 5.01. The molecule has 0 aliphatic rings. The third-order valence-corrected chi connectivity index (χ3v) is 2.76. The van der Waals surface area contributed by atoms with Crippen molar-refractivity contribution in [1.82, 2.24) is 10.3 Å². The highest BCUT2D eigenvalue weighted by atomic mass is 16.3. The number of amides is 1. The van der Waals surface area contributed by atoms with Crippen LogP contribution in [0.25, 0.3) is 10.9 Å². The molecule has 0 saturated carbocycles. The van der Waals surface area contributed by atoms with Gasteiger partial charge in [0.1, 0.15) is 0 Å². The first-order valence-electron chi connectivity index (χ1n) is 5.69. The molecule has 1 aromatic carbocycles. The van der Waals surface area contributed by atoms with Crippen molar-refractivity contribution >= 4 is 16.8 Å². The van der Waals surface area contributed by atoms with E-state index in [0.717, 1.165) is 10.9 Å². The molecule has 2 rings (SSSR count). The van der Waals surface area contributed by atoms with Crippen LogP contribution in [0.3, 0.4) is 0 Å². The molecule has 4 nitrogen and oxygen atoms in total. The number of aliphatic hydroxyl groups excluding tert-OH is 1. The van der Waals surface area contributed by atoms with Gasteiger partial charge in [-0.2, -0.15) is 0 Å². The fourth-order valence-electron chi connectivity index (χ4n) is 1.77. The van der Waals surface area contributed by atoms with Crippen molar-refractivity contribution in [3.05, 3.63) is 36.0 Å². The molecule has 4 heteroatoms. The summed E-state index contributed by atoms with van der Waals surface area (Å²) in [7, 11) is 0. The highest BCUT2D eigenvalue weighted by Gasteiger charge is 2.09. The Kier molecular flexibility index (Phi) is 3.44. The smallest absolute Gasteiger partial charge is 0.251 e. The maximum atomic E-state index is 11.9. The summed E-state index contributed by atoms with van der Waals surface area (Å²) >= 11 is 0. The fourth-order valence-corrected chi connectivity index (χ4v) is 1.77. The van der Waals surface area contributed by atoms with Crippen molar-refractivity contribution in [1.29, 1.82) is 0 Å². The lowest BCUT2D eigenvalue weighted by atomic mass is 10.1. The van der Waals surface area contributed by atoms with Gasteiger partial charge < -0.3 is 15.4 Å². The molecule has 3 N–H and O–H groups in total. The lowest BCUT2D eigenvalue weighted by Gasteiger charge is -2.12. The number of carbonyl (C=O) groups is 1. The maximum Gasteiger partial charge on any atom is 0.251 e. The van der Waals surface area contributed by atoms with Gasteiger partial charge in [0.15, 0.2) is 0 Å². The number of fused-ring (bicyclic) bond motifs is 1. The van der Waals surface area contributed by atoms with Crippen LogP contribution in [0.2, 0.25) is 0 Å². The minimum atomic E-state index is -0.103. The Balaban J connectivity index is 2.13. The van der Waals surface area contributed by atoms with E-state index in [1.807, 2.05) is 31.3 Å². The number of aliphatic hydroxyl groups is 1. The number of nitrogens with one attached hydrogen (secondary N) is 2. The van der Waals surface area contributed by atoms with E-state index in [1.54, 1.807) is 6.07 Å². The van der Waals surface area contributed by atoms with E-state index in [0.29, 0.717) is 12.0 Å². The zero-order valence-electron chi connectivity index (χ0n) is 9.73. The van der Waals surface area contributed by atoms with Crippen LogP contribution >= 0.6 is 0 Å². The Labute approximate surface area is 99.7 Å². The molecule has 0 saturated heterocycles. The monoisotopic (exact) mass is 232 g/mol. The largest absolute Gasteiger partial charge is 0.396 e. The van der Waals surface area contributed by atoms with E-state index in [4.69, 9.17) is 5.11 Å². The van der Waals surface area contributed by atoms with Gasteiger partial charge in [-0.1, -0.05) is 0 Å². The zero-order chi connectivity index (χ0) is 12.3. The number of aromatic nitrogens is 1. The second-order valence-electron chi connectivity index (χ2n) is 4.17. The van der Waals surface area contributed by atoms with Crippen LogP contribution in [0.5, 0.6) is 0 Å². The molecule has 2 aromatic rings. The predicted molar refractivity (Wildman–Crippen MR) is 66.9 cm³/mol. The maximum absolute atomic E-state index is 11.9. The summed E-state index contributed by atoms with van der Waals surface area (Å²) in [5, 5.41) is 12.6. The van der Waals surface area contributed by atoms with Crippen LogP contribution in [0.15, 0.2) is 30.5 Å². The van der Waals surface area contributed by atoms with Gasteiger partial charge in [0.25, 0.3) is 5.91 Å². The molecule has 1 aromatic heterocycles. The van der Waals surface area contributed by atoms with Crippen molar-refractivity contribution in [2.45, 2.75) is 19.4 Å². The summed E-state index contributed by atoms with van der Waals surface area (Å²) in [6.07, 6.45) is 2.42. The minimum Gasteiger partial charge on any atom is -0.396 e. The van der Waals surface area contributed by atoms with Crippen molar-refractivity contribution in [3.8, 4) is 0 Å². The lowest BCUT2D eigenvalue weighted by molar-refractivity contribution is 0.0934. The molecule has 1 atom stereocenters. The number of carbonyl (C=O) groups excluding carboxylic acids is 1. The summed E-state index contributed by atoms with van der Waals surface area (Å²) in [5.41, 5.74) is 1.66. The zero-order valence-corrected chi connectivity index (χ0v) is 9.73. The van der Waals surface area contributed by atoms with Crippen molar-refractivity contribution < 1.29 is 9.90 Å². The van der Waals surface area contributed by atoms with E-state index in [1.165, 1.54) is 0 Å². The van der Waals surface area contributed by atoms with Gasteiger partial charge in [0, 0.05) is 35.3 Å². The van der Waals surface area contributed by atoms with Gasteiger partial charge >= 0.3 is 0 Å². The number of rotatable bonds is 4. The number of benzene rings is 1. The van der Waals surface area contributed by atoms with Gasteiger partial charge in [-0.3, -0.25) is 4.79 Å². The lowest BCUT2D eigenvalue weighted by Crippen LogP contribution is -2.33. The first kappa shape index (κ1) is 11.7. The Bertz CT molecular complexity index is 519. The molecule has 1 heterocycles. The SMILES string of the molecule is CC(CCO)NC(=O)c1ccc2[nH]ccc2c1. The van der Waals surface area contributed by atoms with Crippen LogP contribution in [-0.2, 0) is 0 Å². The quantitative estimate of drug-likeness (QED) is 0.750. The summed E-state index contributed by atoms with van der Waals surface area (Å²) < 4.78 is 0. The van der Waals surface area contributed by atoms with Crippen LogP contribution in [0.4, 0.5) is 0 Å². The molecule has 1 unspecified atom stereocenters. The molecule has 0 radical (unpaired) electrons. The molecular weight excluding hydrogens is 216 g/mol. The highest BCUT2D eigenvalue weighted by molar-refractivity contribution is 5.98. The summed E-state index contributed by atoms with van der Waals surface area (Å²) in [6.45, 7) is 1.96. The minimum absolute atomic E-state index is 0.0191. The van der Waals surface area contributed by atoms with Crippen molar-refractivity contribution in [2.24, 2.45) is 0 Å².